The van der Waals surface area contributed by atoms with Crippen LogP contribution in [0, 0.1) is 0 Å². The minimum atomic E-state index is -0.139. The van der Waals surface area contributed by atoms with Gasteiger partial charge in [0.15, 0.2) is 0 Å². The minimum Gasteiger partial charge on any atom is -0.267 e. The average Bonchev–Trinajstić information content (AvgIpc) is 2.46. The van der Waals surface area contributed by atoms with Gasteiger partial charge in [0.05, 0.1) is 5.69 Å². The molecule has 2 rings (SSSR count). The third-order valence-corrected chi connectivity index (χ3v) is 2.44. The lowest BCUT2D eigenvalue weighted by atomic mass is 10.2. The maximum absolute atomic E-state index is 12.3. The second kappa shape index (κ2) is 5.77. The lowest BCUT2D eigenvalue weighted by molar-refractivity contribution is 0.0988. The Bertz CT molecular complexity index is 535. The second-order valence-electron chi connectivity index (χ2n) is 3.69. The highest BCUT2D eigenvalue weighted by Crippen LogP contribution is 2.16. The second-order valence-corrected chi connectivity index (χ2v) is 3.69. The highest BCUT2D eigenvalue weighted by Gasteiger charge is 2.15. The highest BCUT2D eigenvalue weighted by molar-refractivity contribution is 6.06. The molecule has 3 heteroatoms. The van der Waals surface area contributed by atoms with Crippen LogP contribution in [0.5, 0.6) is 0 Å². The van der Waals surface area contributed by atoms with Crippen LogP contribution in [0.3, 0.4) is 0 Å². The molecular formula is C15H14N2O. The number of hydrogen-bond donors (Lipinski definition) is 0. The Balaban J connectivity index is 2.35. The van der Waals surface area contributed by atoms with Crippen molar-refractivity contribution in [2.24, 2.45) is 5.10 Å². The summed E-state index contributed by atoms with van der Waals surface area (Å²) in [5.41, 5.74) is 1.37. The molecule has 2 aromatic carbocycles. The number of carbonyl (C=O) groups excluding carboxylic acids is 1. The molecule has 1 amide bonds. The summed E-state index contributed by atoms with van der Waals surface area (Å²) < 4.78 is 0. The van der Waals surface area contributed by atoms with Crippen LogP contribution in [0.4, 0.5) is 5.69 Å². The van der Waals surface area contributed by atoms with E-state index in [1.807, 2.05) is 48.5 Å². The molecule has 0 radical (unpaired) electrons. The number of nitrogens with zero attached hydrogens (tertiary/aromatic N) is 2. The van der Waals surface area contributed by atoms with Gasteiger partial charge in [0.25, 0.3) is 5.91 Å². The van der Waals surface area contributed by atoms with Crippen LogP contribution in [0.1, 0.15) is 17.3 Å². The molecule has 0 aliphatic carbocycles. The van der Waals surface area contributed by atoms with E-state index in [2.05, 4.69) is 5.10 Å². The summed E-state index contributed by atoms with van der Waals surface area (Å²) in [6, 6.07) is 18.5. The van der Waals surface area contributed by atoms with Crippen LogP contribution in [0.2, 0.25) is 0 Å². The molecule has 3 nitrogen and oxygen atoms in total. The summed E-state index contributed by atoms with van der Waals surface area (Å²) in [4.78, 5) is 12.3. The van der Waals surface area contributed by atoms with Crippen LogP contribution in [-0.4, -0.2) is 12.1 Å². The molecule has 90 valence electrons. The van der Waals surface area contributed by atoms with Crippen molar-refractivity contribution in [3.8, 4) is 0 Å². The Kier molecular flexibility index (Phi) is 3.86. The third kappa shape index (κ3) is 2.63. The van der Waals surface area contributed by atoms with Gasteiger partial charge in [0, 0.05) is 11.8 Å². The van der Waals surface area contributed by atoms with Gasteiger partial charge in [0.1, 0.15) is 0 Å². The van der Waals surface area contributed by atoms with E-state index in [1.54, 1.807) is 25.3 Å². The fourth-order valence-corrected chi connectivity index (χ4v) is 1.62. The van der Waals surface area contributed by atoms with E-state index < -0.39 is 0 Å². The lowest BCUT2D eigenvalue weighted by Gasteiger charge is -2.16. The maximum Gasteiger partial charge on any atom is 0.278 e. The van der Waals surface area contributed by atoms with Crippen LogP contribution in [0.15, 0.2) is 65.8 Å². The van der Waals surface area contributed by atoms with Gasteiger partial charge in [-0.15, -0.1) is 0 Å². The Hall–Kier alpha value is -2.42. The van der Waals surface area contributed by atoms with Crippen molar-refractivity contribution in [3.05, 3.63) is 66.2 Å². The van der Waals surface area contributed by atoms with Crippen molar-refractivity contribution < 1.29 is 4.79 Å². The first kappa shape index (κ1) is 12.0. The van der Waals surface area contributed by atoms with Gasteiger partial charge in [-0.3, -0.25) is 4.79 Å². The summed E-state index contributed by atoms with van der Waals surface area (Å²) in [6.07, 6.45) is 1.60. The van der Waals surface area contributed by atoms with E-state index in [0.717, 1.165) is 5.69 Å². The van der Waals surface area contributed by atoms with Crippen molar-refractivity contribution in [2.75, 3.05) is 5.01 Å². The molecule has 0 aliphatic rings. The smallest absolute Gasteiger partial charge is 0.267 e. The number of anilines is 1. The number of rotatable bonds is 3. The van der Waals surface area contributed by atoms with E-state index in [0.29, 0.717) is 5.56 Å². The summed E-state index contributed by atoms with van der Waals surface area (Å²) in [5.74, 6) is -0.139. The molecule has 0 saturated carbocycles. The molecule has 0 unspecified atom stereocenters. The normalized spacial score (nSPS) is 10.5. The Labute approximate surface area is 106 Å². The zero-order chi connectivity index (χ0) is 12.8. The fraction of sp³-hybridized carbons (Fsp3) is 0.0667. The molecule has 0 spiro atoms. The molecule has 2 aromatic rings. The summed E-state index contributed by atoms with van der Waals surface area (Å²) in [6.45, 7) is 1.79. The third-order valence-electron chi connectivity index (χ3n) is 2.44. The number of carbonyl (C=O) groups is 1. The molecule has 0 bridgehead atoms. The van der Waals surface area contributed by atoms with Crippen molar-refractivity contribution in [3.63, 3.8) is 0 Å². The summed E-state index contributed by atoms with van der Waals surface area (Å²) in [7, 11) is 0. The summed E-state index contributed by atoms with van der Waals surface area (Å²) in [5, 5.41) is 5.53. The molecular weight excluding hydrogens is 224 g/mol. The fourth-order valence-electron chi connectivity index (χ4n) is 1.62. The van der Waals surface area contributed by atoms with E-state index in [-0.39, 0.29) is 5.91 Å². The Morgan fingerprint density at radius 1 is 1.00 bits per heavy atom. The van der Waals surface area contributed by atoms with Gasteiger partial charge in [-0.05, 0) is 31.2 Å². The standard InChI is InChI=1S/C15H14N2O/c1-2-16-17(14-11-7-4-8-12-14)15(18)13-9-5-3-6-10-13/h2-12H,1H3. The highest BCUT2D eigenvalue weighted by atomic mass is 16.2. The van der Waals surface area contributed by atoms with Gasteiger partial charge >= 0.3 is 0 Å². The van der Waals surface area contributed by atoms with Crippen LogP contribution in [-0.2, 0) is 0 Å². The van der Waals surface area contributed by atoms with E-state index >= 15 is 0 Å². The predicted molar refractivity (Wildman–Crippen MR) is 73.9 cm³/mol. The average molecular weight is 238 g/mol. The molecule has 0 aromatic heterocycles. The van der Waals surface area contributed by atoms with Crippen LogP contribution in [0.25, 0.3) is 0 Å². The van der Waals surface area contributed by atoms with Gasteiger partial charge in [-0.2, -0.15) is 10.1 Å². The van der Waals surface area contributed by atoms with Crippen molar-refractivity contribution >= 4 is 17.8 Å². The number of para-hydroxylation sites is 1. The van der Waals surface area contributed by atoms with E-state index in [9.17, 15) is 4.79 Å². The van der Waals surface area contributed by atoms with Crippen LogP contribution >= 0.6 is 0 Å². The zero-order valence-corrected chi connectivity index (χ0v) is 10.2. The number of hydrogen-bond acceptors (Lipinski definition) is 2. The summed E-state index contributed by atoms with van der Waals surface area (Å²) >= 11 is 0. The van der Waals surface area contributed by atoms with Gasteiger partial charge in [-0.25, -0.2) is 0 Å². The molecule has 0 aliphatic heterocycles. The van der Waals surface area contributed by atoms with Gasteiger partial charge < -0.3 is 0 Å². The Morgan fingerprint density at radius 2 is 1.56 bits per heavy atom. The molecule has 0 fully saturated rings. The molecule has 0 N–H and O–H groups in total. The molecule has 0 heterocycles. The number of hydrazone groups is 1. The van der Waals surface area contributed by atoms with Crippen molar-refractivity contribution in [1.82, 2.24) is 0 Å². The molecule has 0 atom stereocenters. The first-order valence-electron chi connectivity index (χ1n) is 5.76. The molecule has 0 saturated heterocycles. The SMILES string of the molecule is CC=NN(C(=O)c1ccccc1)c1ccccc1. The first-order valence-corrected chi connectivity index (χ1v) is 5.76. The monoisotopic (exact) mass is 238 g/mol. The van der Waals surface area contributed by atoms with E-state index in [1.165, 1.54) is 5.01 Å². The minimum absolute atomic E-state index is 0.139. The van der Waals surface area contributed by atoms with Crippen LogP contribution < -0.4 is 5.01 Å². The topological polar surface area (TPSA) is 32.7 Å². The maximum atomic E-state index is 12.3. The van der Waals surface area contributed by atoms with Crippen molar-refractivity contribution in [2.45, 2.75) is 6.92 Å². The lowest BCUT2D eigenvalue weighted by Crippen LogP contribution is -2.25. The van der Waals surface area contributed by atoms with Gasteiger partial charge in [0.2, 0.25) is 0 Å². The molecule has 18 heavy (non-hydrogen) atoms. The van der Waals surface area contributed by atoms with E-state index in [4.69, 9.17) is 0 Å². The zero-order valence-electron chi connectivity index (χ0n) is 10.2. The quantitative estimate of drug-likeness (QED) is 0.596. The van der Waals surface area contributed by atoms with Crippen molar-refractivity contribution in [1.29, 1.82) is 0 Å². The largest absolute Gasteiger partial charge is 0.278 e. The number of amides is 1. The van der Waals surface area contributed by atoms with Gasteiger partial charge in [-0.1, -0.05) is 36.4 Å². The Morgan fingerprint density at radius 3 is 2.11 bits per heavy atom. The predicted octanol–water partition coefficient (Wildman–Crippen LogP) is 3.34. The first-order chi connectivity index (χ1) is 8.83. The number of benzene rings is 2.